The van der Waals surface area contributed by atoms with E-state index in [1.165, 1.54) is 16.4 Å². The van der Waals surface area contributed by atoms with Crippen LogP contribution in [-0.4, -0.2) is 12.2 Å². The van der Waals surface area contributed by atoms with E-state index in [9.17, 15) is 5.11 Å². The van der Waals surface area contributed by atoms with E-state index in [1.54, 1.807) is 0 Å². The molecule has 0 fully saturated rings. The van der Waals surface area contributed by atoms with Gasteiger partial charge >= 0.3 is 0 Å². The molecule has 2 rings (SSSR count). The summed E-state index contributed by atoms with van der Waals surface area (Å²) in [6.45, 7) is 14.2. The Bertz CT molecular complexity index is 794. The fourth-order valence-electron chi connectivity index (χ4n) is 3.71. The number of phenols is 1. The van der Waals surface area contributed by atoms with Gasteiger partial charge in [0.1, 0.15) is 5.75 Å². The predicted octanol–water partition coefficient (Wildman–Crippen LogP) is 6.13. The van der Waals surface area contributed by atoms with Gasteiger partial charge in [-0.15, -0.1) is 0 Å². The summed E-state index contributed by atoms with van der Waals surface area (Å²) >= 11 is 0. The minimum atomic E-state index is -0.0735. The minimum Gasteiger partial charge on any atom is -0.507 e. The Kier molecular flexibility index (Phi) is 7.71. The van der Waals surface area contributed by atoms with Gasteiger partial charge in [0.05, 0.1) is 0 Å². The van der Waals surface area contributed by atoms with E-state index in [0.717, 1.165) is 36.9 Å². The first-order valence-corrected chi connectivity index (χ1v) is 11.5. The van der Waals surface area contributed by atoms with E-state index >= 15 is 0 Å². The van der Waals surface area contributed by atoms with Gasteiger partial charge in [0.25, 0.3) is 0 Å². The molecule has 0 saturated carbocycles. The van der Waals surface area contributed by atoms with Crippen LogP contribution in [0.5, 0.6) is 5.75 Å². The monoisotopic (exact) mass is 399 g/mol. The maximum Gasteiger partial charge on any atom is 0.122 e. The molecule has 0 amide bonds. The first-order valence-electron chi connectivity index (χ1n) is 10.5. The average Bonchev–Trinajstić information content (AvgIpc) is 2.63. The molecule has 0 aliphatic carbocycles. The quantitative estimate of drug-likeness (QED) is 0.524. The Morgan fingerprint density at radius 3 is 2.36 bits per heavy atom. The summed E-state index contributed by atoms with van der Waals surface area (Å²) in [6.07, 6.45) is 3.41. The number of hydrogen-bond donors (Lipinski definition) is 2. The average molecular weight is 400 g/mol. The standard InChI is InChI=1S/C25H38NOP/c1-8-9-14-25(6,28-22-13-11-10-12-19(22)17-26-7)21-16-20(24(3,4)5)15-18(2)23(21)27/h10-13,15-16,26-28H,8-9,14,17H2,1-7H3. The van der Waals surface area contributed by atoms with Crippen LogP contribution in [0.15, 0.2) is 36.4 Å². The Hall–Kier alpha value is -1.37. The summed E-state index contributed by atoms with van der Waals surface area (Å²) in [5, 5.41) is 15.7. The first kappa shape index (κ1) is 22.9. The number of aromatic hydroxyl groups is 1. The highest BCUT2D eigenvalue weighted by Crippen LogP contribution is 2.50. The lowest BCUT2D eigenvalue weighted by atomic mass is 9.82. The molecule has 0 saturated heterocycles. The molecule has 2 aromatic carbocycles. The molecular weight excluding hydrogens is 361 g/mol. The summed E-state index contributed by atoms with van der Waals surface area (Å²) in [4.78, 5) is 0. The molecule has 2 aromatic rings. The maximum absolute atomic E-state index is 11.1. The molecule has 0 aliphatic heterocycles. The number of benzene rings is 2. The third kappa shape index (κ3) is 5.37. The van der Waals surface area contributed by atoms with Crippen molar-refractivity contribution in [1.29, 1.82) is 0 Å². The van der Waals surface area contributed by atoms with E-state index in [1.807, 2.05) is 14.0 Å². The van der Waals surface area contributed by atoms with Crippen LogP contribution < -0.4 is 10.6 Å². The van der Waals surface area contributed by atoms with Crippen LogP contribution in [0.25, 0.3) is 0 Å². The second kappa shape index (κ2) is 9.42. The molecule has 3 heteroatoms. The normalized spacial score (nSPS) is 14.5. The van der Waals surface area contributed by atoms with E-state index in [-0.39, 0.29) is 10.6 Å². The van der Waals surface area contributed by atoms with Crippen LogP contribution in [0.2, 0.25) is 0 Å². The summed E-state index contributed by atoms with van der Waals surface area (Å²) in [5.41, 5.74) is 4.82. The van der Waals surface area contributed by atoms with Crippen LogP contribution in [0, 0.1) is 6.92 Å². The molecular formula is C25H38NOP. The van der Waals surface area contributed by atoms with Crippen LogP contribution >= 0.6 is 8.58 Å². The number of unbranched alkanes of at least 4 members (excludes halogenated alkanes) is 1. The zero-order valence-corrected chi connectivity index (χ0v) is 19.7. The Balaban J connectivity index is 2.58. The number of hydrogen-bond acceptors (Lipinski definition) is 2. The molecule has 2 atom stereocenters. The van der Waals surface area contributed by atoms with E-state index in [0.29, 0.717) is 14.3 Å². The molecule has 0 bridgehead atoms. The summed E-state index contributed by atoms with van der Waals surface area (Å²) in [7, 11) is 2.62. The van der Waals surface area contributed by atoms with Crippen molar-refractivity contribution in [3.63, 3.8) is 0 Å². The molecule has 0 radical (unpaired) electrons. The number of nitrogens with one attached hydrogen (secondary N) is 1. The Morgan fingerprint density at radius 2 is 1.75 bits per heavy atom. The Morgan fingerprint density at radius 1 is 1.07 bits per heavy atom. The van der Waals surface area contributed by atoms with Crippen LogP contribution in [-0.2, 0) is 17.1 Å². The van der Waals surface area contributed by atoms with Gasteiger partial charge in [0.15, 0.2) is 0 Å². The molecule has 0 heterocycles. The molecule has 0 aliphatic rings. The number of rotatable bonds is 8. The van der Waals surface area contributed by atoms with Crippen molar-refractivity contribution < 1.29 is 5.11 Å². The van der Waals surface area contributed by atoms with Gasteiger partial charge in [0, 0.05) is 17.3 Å². The molecule has 0 aromatic heterocycles. The lowest BCUT2D eigenvalue weighted by molar-refractivity contribution is 0.445. The lowest BCUT2D eigenvalue weighted by Gasteiger charge is -2.34. The molecule has 2 unspecified atom stereocenters. The SMILES string of the molecule is CCCCC(C)(Pc1ccccc1CNC)c1cc(C(C)(C)C)cc(C)c1O. The lowest BCUT2D eigenvalue weighted by Crippen LogP contribution is -2.24. The molecule has 2 nitrogen and oxygen atoms in total. The fourth-order valence-corrected chi connectivity index (χ4v) is 5.45. The van der Waals surface area contributed by atoms with Crippen molar-refractivity contribution >= 4 is 13.9 Å². The highest BCUT2D eigenvalue weighted by molar-refractivity contribution is 7.48. The highest BCUT2D eigenvalue weighted by Gasteiger charge is 2.32. The minimum absolute atomic E-state index is 0.0615. The molecule has 154 valence electrons. The zero-order valence-electron chi connectivity index (χ0n) is 18.7. The van der Waals surface area contributed by atoms with Crippen LogP contribution in [0.4, 0.5) is 0 Å². The molecule has 2 N–H and O–H groups in total. The highest BCUT2D eigenvalue weighted by atomic mass is 31.1. The van der Waals surface area contributed by atoms with Crippen LogP contribution in [0.3, 0.4) is 0 Å². The van der Waals surface area contributed by atoms with E-state index in [2.05, 4.69) is 76.3 Å². The maximum atomic E-state index is 11.1. The number of aryl methyl sites for hydroxylation is 1. The van der Waals surface area contributed by atoms with Gasteiger partial charge in [-0.25, -0.2) is 0 Å². The summed E-state index contributed by atoms with van der Waals surface area (Å²) < 4.78 is 0. The van der Waals surface area contributed by atoms with Gasteiger partial charge < -0.3 is 10.4 Å². The smallest absolute Gasteiger partial charge is 0.122 e. The first-order chi connectivity index (χ1) is 13.1. The third-order valence-electron chi connectivity index (χ3n) is 5.59. The number of phenolic OH excluding ortho intramolecular Hbond substituents is 1. The Labute approximate surface area is 173 Å². The van der Waals surface area contributed by atoms with Crippen molar-refractivity contribution in [2.75, 3.05) is 7.05 Å². The third-order valence-corrected chi connectivity index (χ3v) is 7.41. The summed E-state index contributed by atoms with van der Waals surface area (Å²) in [5.74, 6) is 0.477. The van der Waals surface area contributed by atoms with Crippen LogP contribution in [0.1, 0.15) is 76.1 Å². The van der Waals surface area contributed by atoms with Crippen molar-refractivity contribution in [1.82, 2.24) is 5.32 Å². The van der Waals surface area contributed by atoms with Crippen molar-refractivity contribution in [3.8, 4) is 5.75 Å². The van der Waals surface area contributed by atoms with Gasteiger partial charge in [-0.2, -0.15) is 0 Å². The largest absolute Gasteiger partial charge is 0.507 e. The van der Waals surface area contributed by atoms with E-state index in [4.69, 9.17) is 0 Å². The fraction of sp³-hybridized carbons (Fsp3) is 0.520. The van der Waals surface area contributed by atoms with Gasteiger partial charge in [0.2, 0.25) is 0 Å². The molecule has 0 spiro atoms. The second-order valence-electron chi connectivity index (χ2n) is 9.19. The van der Waals surface area contributed by atoms with Crippen molar-refractivity contribution in [2.24, 2.45) is 0 Å². The van der Waals surface area contributed by atoms with Crippen molar-refractivity contribution in [3.05, 3.63) is 58.7 Å². The van der Waals surface area contributed by atoms with Gasteiger partial charge in [-0.05, 0) is 47.8 Å². The van der Waals surface area contributed by atoms with Gasteiger partial charge in [-0.1, -0.05) is 92.4 Å². The van der Waals surface area contributed by atoms with Gasteiger partial charge in [-0.3, -0.25) is 0 Å². The second-order valence-corrected chi connectivity index (χ2v) is 11.1. The predicted molar refractivity (Wildman–Crippen MR) is 126 cm³/mol. The molecule has 28 heavy (non-hydrogen) atoms. The topological polar surface area (TPSA) is 32.3 Å². The zero-order chi connectivity index (χ0) is 20.9. The van der Waals surface area contributed by atoms with Crippen molar-refractivity contribution in [2.45, 2.75) is 77.9 Å². The summed E-state index contributed by atoms with van der Waals surface area (Å²) in [6, 6.07) is 13.1. The van der Waals surface area contributed by atoms with E-state index < -0.39 is 0 Å².